The van der Waals surface area contributed by atoms with Crippen LogP contribution in [0.2, 0.25) is 0 Å². The molecule has 0 spiro atoms. The maximum atomic E-state index is 10.0. The number of hydrogen-bond acceptors (Lipinski definition) is 4. The lowest BCUT2D eigenvalue weighted by Crippen LogP contribution is -2.23. The Hall–Kier alpha value is -0.620. The number of benzene rings is 1. The SMILES string of the molecule is CNCCC(O)C(O)c1ccc(Br)cc1OC. The molecule has 0 radical (unpaired) electrons. The first-order valence-electron chi connectivity index (χ1n) is 5.44. The molecule has 4 nitrogen and oxygen atoms in total. The van der Waals surface area contributed by atoms with E-state index in [2.05, 4.69) is 21.2 Å². The van der Waals surface area contributed by atoms with Crippen LogP contribution in [0.3, 0.4) is 0 Å². The fraction of sp³-hybridized carbons (Fsp3) is 0.500. The fourth-order valence-electron chi connectivity index (χ4n) is 1.59. The van der Waals surface area contributed by atoms with E-state index in [0.29, 0.717) is 24.3 Å². The van der Waals surface area contributed by atoms with Crippen molar-refractivity contribution in [3.63, 3.8) is 0 Å². The summed E-state index contributed by atoms with van der Waals surface area (Å²) in [5.41, 5.74) is 0.597. The molecular formula is C12H18BrNO3. The van der Waals surface area contributed by atoms with E-state index < -0.39 is 12.2 Å². The summed E-state index contributed by atoms with van der Waals surface area (Å²) in [7, 11) is 3.34. The molecule has 5 heteroatoms. The van der Waals surface area contributed by atoms with E-state index in [1.165, 1.54) is 7.11 Å². The molecule has 0 bridgehead atoms. The van der Waals surface area contributed by atoms with Gasteiger partial charge in [-0.25, -0.2) is 0 Å². The number of ether oxygens (including phenoxy) is 1. The molecule has 2 unspecified atom stereocenters. The van der Waals surface area contributed by atoms with Crippen molar-refractivity contribution >= 4 is 15.9 Å². The van der Waals surface area contributed by atoms with Gasteiger partial charge in [-0.15, -0.1) is 0 Å². The van der Waals surface area contributed by atoms with Crippen molar-refractivity contribution < 1.29 is 14.9 Å². The molecule has 0 fully saturated rings. The van der Waals surface area contributed by atoms with E-state index in [4.69, 9.17) is 4.74 Å². The Morgan fingerprint density at radius 1 is 1.41 bits per heavy atom. The van der Waals surface area contributed by atoms with Crippen LogP contribution >= 0.6 is 15.9 Å². The summed E-state index contributed by atoms with van der Waals surface area (Å²) in [4.78, 5) is 0. The zero-order valence-electron chi connectivity index (χ0n) is 9.98. The van der Waals surface area contributed by atoms with Crippen molar-refractivity contribution in [3.05, 3.63) is 28.2 Å². The fourth-order valence-corrected chi connectivity index (χ4v) is 1.93. The monoisotopic (exact) mass is 303 g/mol. The van der Waals surface area contributed by atoms with E-state index >= 15 is 0 Å². The molecule has 1 aromatic rings. The molecule has 17 heavy (non-hydrogen) atoms. The number of aliphatic hydroxyl groups excluding tert-OH is 2. The normalized spacial score (nSPS) is 14.4. The van der Waals surface area contributed by atoms with E-state index in [-0.39, 0.29) is 0 Å². The first kappa shape index (κ1) is 14.4. The van der Waals surface area contributed by atoms with Crippen molar-refractivity contribution in [3.8, 4) is 5.75 Å². The van der Waals surface area contributed by atoms with Gasteiger partial charge in [0.25, 0.3) is 0 Å². The zero-order valence-corrected chi connectivity index (χ0v) is 11.6. The second-order valence-corrected chi connectivity index (χ2v) is 4.71. The summed E-state index contributed by atoms with van der Waals surface area (Å²) in [5, 5.41) is 22.8. The van der Waals surface area contributed by atoms with Gasteiger partial charge in [-0.2, -0.15) is 0 Å². The number of halogens is 1. The highest BCUT2D eigenvalue weighted by Crippen LogP contribution is 2.30. The van der Waals surface area contributed by atoms with Crippen LogP contribution < -0.4 is 10.1 Å². The molecule has 1 rings (SSSR count). The van der Waals surface area contributed by atoms with Gasteiger partial charge in [0.05, 0.1) is 13.2 Å². The third-order valence-corrected chi connectivity index (χ3v) is 3.06. The minimum Gasteiger partial charge on any atom is -0.496 e. The maximum Gasteiger partial charge on any atom is 0.125 e. The van der Waals surface area contributed by atoms with Gasteiger partial charge < -0.3 is 20.3 Å². The van der Waals surface area contributed by atoms with Crippen LogP contribution in [0.4, 0.5) is 0 Å². The standard InChI is InChI=1S/C12H18BrNO3/c1-14-6-5-10(15)12(16)9-4-3-8(13)7-11(9)17-2/h3-4,7,10,12,14-16H,5-6H2,1-2H3. The number of methoxy groups -OCH3 is 1. The van der Waals surface area contributed by atoms with Gasteiger partial charge in [-0.05, 0) is 32.1 Å². The van der Waals surface area contributed by atoms with Crippen molar-refractivity contribution in [2.75, 3.05) is 20.7 Å². The van der Waals surface area contributed by atoms with Gasteiger partial charge >= 0.3 is 0 Å². The van der Waals surface area contributed by atoms with Gasteiger partial charge in [0.1, 0.15) is 11.9 Å². The Bertz CT molecular complexity index is 360. The quantitative estimate of drug-likeness (QED) is 0.745. The topological polar surface area (TPSA) is 61.7 Å². The smallest absolute Gasteiger partial charge is 0.125 e. The third kappa shape index (κ3) is 3.96. The summed E-state index contributed by atoms with van der Waals surface area (Å²) >= 11 is 3.33. The lowest BCUT2D eigenvalue weighted by Gasteiger charge is -2.20. The molecular weight excluding hydrogens is 286 g/mol. The first-order chi connectivity index (χ1) is 8.10. The average Bonchev–Trinajstić information content (AvgIpc) is 2.34. The lowest BCUT2D eigenvalue weighted by atomic mass is 10.0. The zero-order chi connectivity index (χ0) is 12.8. The van der Waals surface area contributed by atoms with E-state index in [9.17, 15) is 10.2 Å². The minimum atomic E-state index is -0.939. The molecule has 0 aliphatic rings. The van der Waals surface area contributed by atoms with Crippen LogP contribution in [-0.4, -0.2) is 37.0 Å². The molecule has 0 heterocycles. The van der Waals surface area contributed by atoms with Gasteiger partial charge in [-0.1, -0.05) is 22.0 Å². The largest absolute Gasteiger partial charge is 0.496 e. The van der Waals surface area contributed by atoms with Gasteiger partial charge in [-0.3, -0.25) is 0 Å². The molecule has 0 amide bonds. The average molecular weight is 304 g/mol. The highest BCUT2D eigenvalue weighted by atomic mass is 79.9. The van der Waals surface area contributed by atoms with Gasteiger partial charge in [0, 0.05) is 10.0 Å². The predicted molar refractivity (Wildman–Crippen MR) is 70.2 cm³/mol. The van der Waals surface area contributed by atoms with Crippen LogP contribution in [0, 0.1) is 0 Å². The molecule has 0 saturated heterocycles. The minimum absolute atomic E-state index is 0.483. The van der Waals surface area contributed by atoms with E-state index in [1.54, 1.807) is 19.2 Å². The summed E-state index contributed by atoms with van der Waals surface area (Å²) in [5.74, 6) is 0.565. The molecule has 0 saturated carbocycles. The lowest BCUT2D eigenvalue weighted by molar-refractivity contribution is 0.0127. The highest BCUT2D eigenvalue weighted by molar-refractivity contribution is 9.10. The number of hydrogen-bond donors (Lipinski definition) is 3. The number of aliphatic hydroxyl groups is 2. The molecule has 96 valence electrons. The molecule has 2 atom stereocenters. The first-order valence-corrected chi connectivity index (χ1v) is 6.23. The van der Waals surface area contributed by atoms with Crippen molar-refractivity contribution in [2.24, 2.45) is 0 Å². The predicted octanol–water partition coefficient (Wildman–Crippen LogP) is 1.46. The van der Waals surface area contributed by atoms with Gasteiger partial charge in [0.15, 0.2) is 0 Å². The molecule has 0 aliphatic carbocycles. The van der Waals surface area contributed by atoms with Gasteiger partial charge in [0.2, 0.25) is 0 Å². The number of rotatable bonds is 6. The number of nitrogens with one attached hydrogen (secondary N) is 1. The Balaban J connectivity index is 2.83. The van der Waals surface area contributed by atoms with E-state index in [0.717, 1.165) is 4.47 Å². The summed E-state index contributed by atoms with van der Waals surface area (Å²) in [6.07, 6.45) is -1.26. The highest BCUT2D eigenvalue weighted by Gasteiger charge is 2.21. The molecule has 0 aliphatic heterocycles. The second-order valence-electron chi connectivity index (χ2n) is 3.79. The van der Waals surface area contributed by atoms with Crippen molar-refractivity contribution in [2.45, 2.75) is 18.6 Å². The summed E-state index contributed by atoms with van der Waals surface area (Å²) in [6, 6.07) is 5.32. The van der Waals surface area contributed by atoms with Crippen molar-refractivity contribution in [1.29, 1.82) is 0 Å². The summed E-state index contributed by atoms with van der Waals surface area (Å²) in [6.45, 7) is 0.650. The van der Waals surface area contributed by atoms with Crippen molar-refractivity contribution in [1.82, 2.24) is 5.32 Å². The van der Waals surface area contributed by atoms with E-state index in [1.807, 2.05) is 6.07 Å². The van der Waals surface area contributed by atoms with Crippen LogP contribution in [0.5, 0.6) is 5.75 Å². The molecule has 1 aromatic carbocycles. The Labute approximate surface area is 110 Å². The maximum absolute atomic E-state index is 10.0. The van der Waals surface area contributed by atoms with Crippen LogP contribution in [0.1, 0.15) is 18.1 Å². The summed E-state index contributed by atoms with van der Waals surface area (Å²) < 4.78 is 6.06. The van der Waals surface area contributed by atoms with Crippen LogP contribution in [0.15, 0.2) is 22.7 Å². The molecule has 0 aromatic heterocycles. The van der Waals surface area contributed by atoms with Crippen LogP contribution in [-0.2, 0) is 0 Å². The Kier molecular flexibility index (Phi) is 5.91. The Morgan fingerprint density at radius 2 is 2.12 bits per heavy atom. The second kappa shape index (κ2) is 6.96. The Morgan fingerprint density at radius 3 is 2.71 bits per heavy atom. The van der Waals surface area contributed by atoms with Crippen LogP contribution in [0.25, 0.3) is 0 Å². The molecule has 3 N–H and O–H groups in total. The third-order valence-electron chi connectivity index (χ3n) is 2.57.